The quantitative estimate of drug-likeness (QED) is 0.201. The van der Waals surface area contributed by atoms with E-state index < -0.39 is 0 Å². The Hall–Kier alpha value is -5.58. The molecule has 3 nitrogen and oxygen atoms in total. The maximum absolute atomic E-state index is 5.44. The number of hydrogen-bond acceptors (Lipinski definition) is 3. The normalized spacial score (nSPS) is 14.6. The predicted octanol–water partition coefficient (Wildman–Crippen LogP) is 11.1. The Balaban J connectivity index is 1.34. The second-order valence-corrected chi connectivity index (χ2v) is 13.2. The van der Waals surface area contributed by atoms with Gasteiger partial charge in [-0.05, 0) is 46.5 Å². The minimum Gasteiger partial charge on any atom is -0.276 e. The van der Waals surface area contributed by atoms with E-state index in [1.165, 1.54) is 58.4 Å². The minimum absolute atomic E-state index is 0.150. The molecular formula is C42H27N3S. The summed E-state index contributed by atoms with van der Waals surface area (Å²) in [7, 11) is 0. The van der Waals surface area contributed by atoms with Gasteiger partial charge in [-0.25, -0.2) is 9.97 Å². The number of hydrogen-bond donors (Lipinski definition) is 0. The highest BCUT2D eigenvalue weighted by molar-refractivity contribution is 7.27. The Morgan fingerprint density at radius 1 is 0.630 bits per heavy atom. The molecule has 46 heavy (non-hydrogen) atoms. The van der Waals surface area contributed by atoms with Crippen molar-refractivity contribution in [2.24, 2.45) is 0 Å². The Kier molecular flexibility index (Phi) is 5.57. The number of allylic oxidation sites excluding steroid dienone is 1. The zero-order valence-electron chi connectivity index (χ0n) is 24.9. The summed E-state index contributed by atoms with van der Waals surface area (Å²) in [5, 5.41) is 7.62. The van der Waals surface area contributed by atoms with Crippen LogP contribution in [0.15, 0.2) is 140 Å². The number of benzene rings is 6. The first-order valence-corrected chi connectivity index (χ1v) is 16.6. The van der Waals surface area contributed by atoms with Crippen molar-refractivity contribution in [3.63, 3.8) is 0 Å². The summed E-state index contributed by atoms with van der Waals surface area (Å²) < 4.78 is 4.90. The molecule has 1 aliphatic carbocycles. The number of nitrogens with zero attached hydrogens (tertiary/aromatic N) is 3. The molecule has 1 aliphatic rings. The van der Waals surface area contributed by atoms with Crippen LogP contribution in [0.4, 0.5) is 0 Å². The van der Waals surface area contributed by atoms with Gasteiger partial charge in [0.2, 0.25) is 5.95 Å². The Morgan fingerprint density at radius 2 is 1.33 bits per heavy atom. The van der Waals surface area contributed by atoms with E-state index in [9.17, 15) is 0 Å². The van der Waals surface area contributed by atoms with Crippen LogP contribution in [-0.4, -0.2) is 14.5 Å². The van der Waals surface area contributed by atoms with Crippen LogP contribution >= 0.6 is 11.3 Å². The first-order valence-electron chi connectivity index (χ1n) is 15.8. The molecule has 0 spiro atoms. The van der Waals surface area contributed by atoms with E-state index in [2.05, 4.69) is 150 Å². The monoisotopic (exact) mass is 605 g/mol. The van der Waals surface area contributed by atoms with Crippen molar-refractivity contribution in [1.82, 2.24) is 14.5 Å². The molecular weight excluding hydrogens is 579 g/mol. The molecule has 10 rings (SSSR count). The second kappa shape index (κ2) is 9.96. The topological polar surface area (TPSA) is 30.7 Å². The molecule has 6 aromatic carbocycles. The number of para-hydroxylation sites is 1. The standard InChI is InChI=1S/C42H27N3S/c1-2-13-27(14-3-1)34-25-35(29-23-22-26-12-4-5-15-28(26)24-29)44-42(43-34)45-36-20-10-8-18-32(36)38-30-16-6-7-17-31(30)39-33-19-9-11-21-37(33)46-41(39)40(38)45/h1-23,25,29H,24H2. The fourth-order valence-electron chi connectivity index (χ4n) is 7.44. The van der Waals surface area contributed by atoms with Crippen molar-refractivity contribution in [3.8, 4) is 17.2 Å². The van der Waals surface area contributed by atoms with Crippen LogP contribution in [0, 0.1) is 0 Å². The molecule has 9 aromatic rings. The molecule has 0 bridgehead atoms. The molecule has 1 unspecified atom stereocenters. The fraction of sp³-hybridized carbons (Fsp3) is 0.0476. The number of aromatic nitrogens is 3. The van der Waals surface area contributed by atoms with Gasteiger partial charge < -0.3 is 0 Å². The highest BCUT2D eigenvalue weighted by Gasteiger charge is 2.25. The summed E-state index contributed by atoms with van der Waals surface area (Å²) in [6, 6.07) is 47.8. The van der Waals surface area contributed by atoms with Crippen molar-refractivity contribution in [1.29, 1.82) is 0 Å². The average molecular weight is 606 g/mol. The highest BCUT2D eigenvalue weighted by atomic mass is 32.1. The lowest BCUT2D eigenvalue weighted by Gasteiger charge is -2.20. The molecule has 1 atom stereocenters. The zero-order chi connectivity index (χ0) is 30.2. The SMILES string of the molecule is C1=CC(c2cc(-c3ccccc3)nc(-n3c4ccccc4c4c5ccccc5c5c6ccccc6sc5c43)n2)Cc2ccccc21. The van der Waals surface area contributed by atoms with Crippen LogP contribution in [0.1, 0.15) is 22.7 Å². The number of rotatable bonds is 3. The van der Waals surface area contributed by atoms with E-state index in [1.54, 1.807) is 0 Å². The number of fused-ring (bicyclic) bond motifs is 11. The molecule has 0 fully saturated rings. The summed E-state index contributed by atoms with van der Waals surface area (Å²) >= 11 is 1.87. The van der Waals surface area contributed by atoms with Gasteiger partial charge in [0, 0.05) is 37.7 Å². The van der Waals surface area contributed by atoms with Gasteiger partial charge in [-0.15, -0.1) is 11.3 Å². The molecule has 216 valence electrons. The Morgan fingerprint density at radius 3 is 2.20 bits per heavy atom. The van der Waals surface area contributed by atoms with Gasteiger partial charge in [0.1, 0.15) is 0 Å². The second-order valence-electron chi connectivity index (χ2n) is 12.1. The molecule has 0 N–H and O–H groups in total. The van der Waals surface area contributed by atoms with Crippen LogP contribution in [0.5, 0.6) is 0 Å². The lowest BCUT2D eigenvalue weighted by Crippen LogP contribution is -2.11. The lowest BCUT2D eigenvalue weighted by molar-refractivity contribution is 0.779. The smallest absolute Gasteiger partial charge is 0.235 e. The van der Waals surface area contributed by atoms with Crippen LogP contribution in [0.2, 0.25) is 0 Å². The largest absolute Gasteiger partial charge is 0.276 e. The van der Waals surface area contributed by atoms with E-state index in [1.807, 2.05) is 11.3 Å². The van der Waals surface area contributed by atoms with E-state index in [4.69, 9.17) is 9.97 Å². The van der Waals surface area contributed by atoms with Gasteiger partial charge in [-0.2, -0.15) is 0 Å². The molecule has 0 radical (unpaired) electrons. The van der Waals surface area contributed by atoms with Crippen molar-refractivity contribution >= 4 is 70.2 Å². The summed E-state index contributed by atoms with van der Waals surface area (Å²) in [5.74, 6) is 0.862. The van der Waals surface area contributed by atoms with Gasteiger partial charge in [-0.3, -0.25) is 4.57 Å². The lowest BCUT2D eigenvalue weighted by atomic mass is 9.87. The summed E-state index contributed by atoms with van der Waals surface area (Å²) in [6.45, 7) is 0. The van der Waals surface area contributed by atoms with Crippen LogP contribution in [-0.2, 0) is 6.42 Å². The molecule has 3 aromatic heterocycles. The highest BCUT2D eigenvalue weighted by Crippen LogP contribution is 2.47. The van der Waals surface area contributed by atoms with Gasteiger partial charge >= 0.3 is 0 Å². The van der Waals surface area contributed by atoms with Gasteiger partial charge in [0.15, 0.2) is 0 Å². The predicted molar refractivity (Wildman–Crippen MR) is 194 cm³/mol. The van der Waals surface area contributed by atoms with Gasteiger partial charge in [0.05, 0.1) is 27.1 Å². The van der Waals surface area contributed by atoms with E-state index in [0.29, 0.717) is 5.95 Å². The van der Waals surface area contributed by atoms with Crippen molar-refractivity contribution in [2.45, 2.75) is 12.3 Å². The van der Waals surface area contributed by atoms with Crippen molar-refractivity contribution in [2.75, 3.05) is 0 Å². The first kappa shape index (κ1) is 25.7. The van der Waals surface area contributed by atoms with Crippen molar-refractivity contribution in [3.05, 3.63) is 156 Å². The zero-order valence-corrected chi connectivity index (χ0v) is 25.7. The van der Waals surface area contributed by atoms with Crippen LogP contribution < -0.4 is 0 Å². The summed E-state index contributed by atoms with van der Waals surface area (Å²) in [5.41, 5.74) is 8.00. The average Bonchev–Trinajstić information content (AvgIpc) is 3.69. The third-order valence-corrected chi connectivity index (χ3v) is 10.7. The molecule has 0 aliphatic heterocycles. The van der Waals surface area contributed by atoms with Crippen LogP contribution in [0.3, 0.4) is 0 Å². The molecule has 0 saturated carbocycles. The van der Waals surface area contributed by atoms with Crippen molar-refractivity contribution < 1.29 is 0 Å². The molecule has 3 heterocycles. The number of thiophene rings is 1. The molecule has 0 saturated heterocycles. The maximum atomic E-state index is 5.44. The molecule has 4 heteroatoms. The summed E-state index contributed by atoms with van der Waals surface area (Å²) in [4.78, 5) is 10.8. The Labute approximate surface area is 269 Å². The summed E-state index contributed by atoms with van der Waals surface area (Å²) in [6.07, 6.45) is 5.48. The fourth-order valence-corrected chi connectivity index (χ4v) is 8.70. The molecule has 0 amide bonds. The van der Waals surface area contributed by atoms with E-state index >= 15 is 0 Å². The van der Waals surface area contributed by atoms with E-state index in [0.717, 1.165) is 28.9 Å². The minimum atomic E-state index is 0.150. The third kappa shape index (κ3) is 3.77. The third-order valence-electron chi connectivity index (χ3n) is 9.54. The van der Waals surface area contributed by atoms with Crippen LogP contribution in [0.25, 0.3) is 76.0 Å². The maximum Gasteiger partial charge on any atom is 0.235 e. The van der Waals surface area contributed by atoms with Gasteiger partial charge in [-0.1, -0.05) is 127 Å². The van der Waals surface area contributed by atoms with E-state index in [-0.39, 0.29) is 5.92 Å². The van der Waals surface area contributed by atoms with Gasteiger partial charge in [0.25, 0.3) is 0 Å². The first-order chi connectivity index (χ1) is 22.8. The Bertz CT molecular complexity index is 2680.